The SMILES string of the molecule is C[C@@H](Oc1ccc(F)cc1)C(=O)NNC(=O)c1sc2cc(F)ccc2c1Cl. The third-order valence-electron chi connectivity index (χ3n) is 3.59. The number of fused-ring (bicyclic) bond motifs is 1. The molecule has 2 aromatic carbocycles. The van der Waals surface area contributed by atoms with Crippen LogP contribution in [-0.2, 0) is 4.79 Å². The van der Waals surface area contributed by atoms with Crippen molar-refractivity contribution in [2.24, 2.45) is 0 Å². The van der Waals surface area contributed by atoms with Gasteiger partial charge in [0.05, 0.1) is 5.02 Å². The largest absolute Gasteiger partial charge is 0.481 e. The Hall–Kier alpha value is -2.71. The maximum atomic E-state index is 13.3. The molecule has 3 aromatic rings. The highest BCUT2D eigenvalue weighted by Gasteiger charge is 2.20. The van der Waals surface area contributed by atoms with Gasteiger partial charge in [0.2, 0.25) is 0 Å². The molecule has 0 fully saturated rings. The Morgan fingerprint density at radius 1 is 1.07 bits per heavy atom. The number of hydrazine groups is 1. The minimum atomic E-state index is -0.942. The Kier molecular flexibility index (Phi) is 5.57. The van der Waals surface area contributed by atoms with Crippen molar-refractivity contribution in [2.75, 3.05) is 0 Å². The van der Waals surface area contributed by atoms with E-state index in [1.54, 1.807) is 0 Å². The minimum Gasteiger partial charge on any atom is -0.481 e. The highest BCUT2D eigenvalue weighted by atomic mass is 35.5. The van der Waals surface area contributed by atoms with E-state index in [1.165, 1.54) is 49.4 Å². The first-order valence-corrected chi connectivity index (χ1v) is 8.94. The Morgan fingerprint density at radius 2 is 1.74 bits per heavy atom. The van der Waals surface area contributed by atoms with Crippen molar-refractivity contribution in [3.63, 3.8) is 0 Å². The van der Waals surface area contributed by atoms with Crippen LogP contribution in [0.3, 0.4) is 0 Å². The summed E-state index contributed by atoms with van der Waals surface area (Å²) in [5.74, 6) is -1.81. The second-order valence-electron chi connectivity index (χ2n) is 5.54. The van der Waals surface area contributed by atoms with Gasteiger partial charge in [0.25, 0.3) is 11.8 Å². The molecule has 9 heteroatoms. The lowest BCUT2D eigenvalue weighted by Gasteiger charge is -2.15. The highest BCUT2D eigenvalue weighted by molar-refractivity contribution is 7.21. The molecule has 1 aromatic heterocycles. The Morgan fingerprint density at radius 3 is 2.44 bits per heavy atom. The zero-order valence-corrected chi connectivity index (χ0v) is 15.5. The Bertz CT molecular complexity index is 1010. The van der Waals surface area contributed by atoms with Crippen LogP contribution in [0.1, 0.15) is 16.6 Å². The monoisotopic (exact) mass is 410 g/mol. The van der Waals surface area contributed by atoms with E-state index in [-0.39, 0.29) is 9.90 Å². The number of ether oxygens (including phenoxy) is 1. The van der Waals surface area contributed by atoms with E-state index >= 15 is 0 Å². The molecule has 5 nitrogen and oxygen atoms in total. The third kappa shape index (κ3) is 4.35. The zero-order chi connectivity index (χ0) is 19.6. The van der Waals surface area contributed by atoms with E-state index < -0.39 is 29.6 Å². The first kappa shape index (κ1) is 19.1. The molecule has 0 unspecified atom stereocenters. The molecule has 0 saturated carbocycles. The van der Waals surface area contributed by atoms with Gasteiger partial charge in [0.1, 0.15) is 22.3 Å². The molecule has 140 valence electrons. The molecule has 0 aliphatic heterocycles. The molecule has 0 bridgehead atoms. The maximum absolute atomic E-state index is 13.3. The molecule has 3 rings (SSSR count). The smallest absolute Gasteiger partial charge is 0.281 e. The number of benzene rings is 2. The van der Waals surface area contributed by atoms with Crippen molar-refractivity contribution in [1.29, 1.82) is 0 Å². The van der Waals surface area contributed by atoms with Crippen LogP contribution in [0.25, 0.3) is 10.1 Å². The Labute approximate surface area is 161 Å². The predicted molar refractivity (Wildman–Crippen MR) is 98.9 cm³/mol. The fourth-order valence-corrected chi connectivity index (χ4v) is 3.67. The number of carbonyl (C=O) groups is 2. The van der Waals surface area contributed by atoms with Gasteiger partial charge in [0, 0.05) is 10.1 Å². The lowest BCUT2D eigenvalue weighted by atomic mass is 10.2. The summed E-state index contributed by atoms with van der Waals surface area (Å²) in [5.41, 5.74) is 4.48. The minimum absolute atomic E-state index is 0.143. The number of halogens is 3. The molecule has 0 spiro atoms. The fraction of sp³-hybridized carbons (Fsp3) is 0.111. The molecular weight excluding hydrogens is 398 g/mol. The summed E-state index contributed by atoms with van der Waals surface area (Å²) in [7, 11) is 0. The van der Waals surface area contributed by atoms with Crippen molar-refractivity contribution < 1.29 is 23.1 Å². The average molecular weight is 411 g/mol. The van der Waals surface area contributed by atoms with Crippen molar-refractivity contribution in [2.45, 2.75) is 13.0 Å². The van der Waals surface area contributed by atoms with Gasteiger partial charge in [-0.3, -0.25) is 20.4 Å². The molecule has 0 radical (unpaired) electrons. The first-order valence-electron chi connectivity index (χ1n) is 7.75. The third-order valence-corrected chi connectivity index (χ3v) is 5.25. The molecule has 0 saturated heterocycles. The van der Waals surface area contributed by atoms with Gasteiger partial charge in [0.15, 0.2) is 6.10 Å². The first-order chi connectivity index (χ1) is 12.8. The van der Waals surface area contributed by atoms with Crippen LogP contribution in [-0.4, -0.2) is 17.9 Å². The summed E-state index contributed by atoms with van der Waals surface area (Å²) >= 11 is 7.17. The van der Waals surface area contributed by atoms with E-state index in [9.17, 15) is 18.4 Å². The summed E-state index contributed by atoms with van der Waals surface area (Å²) in [4.78, 5) is 24.5. The maximum Gasteiger partial charge on any atom is 0.281 e. The number of hydrogen-bond acceptors (Lipinski definition) is 4. The highest BCUT2D eigenvalue weighted by Crippen LogP contribution is 2.35. The molecule has 27 heavy (non-hydrogen) atoms. The van der Waals surface area contributed by atoms with Gasteiger partial charge >= 0.3 is 0 Å². The van der Waals surface area contributed by atoms with Gasteiger partial charge in [-0.1, -0.05) is 11.6 Å². The topological polar surface area (TPSA) is 67.4 Å². The summed E-state index contributed by atoms with van der Waals surface area (Å²) in [5, 5.41) is 0.727. The number of amides is 2. The van der Waals surface area contributed by atoms with Gasteiger partial charge in [-0.15, -0.1) is 11.3 Å². The van der Waals surface area contributed by atoms with Crippen molar-refractivity contribution in [3.05, 3.63) is 64.0 Å². The standard InChI is InChI=1S/C18H13ClF2N2O3S/c1-9(26-12-5-2-10(20)3-6-12)17(24)22-23-18(25)16-15(19)13-7-4-11(21)8-14(13)27-16/h2-9H,1H3,(H,22,24)(H,23,25)/t9-/m1/s1. The van der Waals surface area contributed by atoms with Crippen LogP contribution in [0.5, 0.6) is 5.75 Å². The molecule has 1 heterocycles. The van der Waals surface area contributed by atoms with Crippen molar-refractivity contribution in [3.8, 4) is 5.75 Å². The number of nitrogens with one attached hydrogen (secondary N) is 2. The summed E-state index contributed by atoms with van der Waals surface area (Å²) in [6.07, 6.45) is -0.942. The summed E-state index contributed by atoms with van der Waals surface area (Å²) in [6.45, 7) is 1.47. The molecule has 2 amide bonds. The van der Waals surface area contributed by atoms with Gasteiger partial charge in [-0.2, -0.15) is 0 Å². The van der Waals surface area contributed by atoms with E-state index in [1.807, 2.05) is 0 Å². The van der Waals surface area contributed by atoms with Gasteiger partial charge < -0.3 is 4.74 Å². The quantitative estimate of drug-likeness (QED) is 0.637. The van der Waals surface area contributed by atoms with Crippen LogP contribution in [0.4, 0.5) is 8.78 Å². The predicted octanol–water partition coefficient (Wildman–Crippen LogP) is 4.06. The number of carbonyl (C=O) groups excluding carboxylic acids is 2. The number of hydrogen-bond donors (Lipinski definition) is 2. The molecule has 1 atom stereocenters. The van der Waals surface area contributed by atoms with Crippen molar-refractivity contribution in [1.82, 2.24) is 10.9 Å². The molecular formula is C18H13ClF2N2O3S. The second-order valence-corrected chi connectivity index (χ2v) is 6.97. The van der Waals surface area contributed by atoms with Gasteiger partial charge in [-0.25, -0.2) is 8.78 Å². The van der Waals surface area contributed by atoms with E-state index in [4.69, 9.17) is 16.3 Å². The van der Waals surface area contributed by atoms with Crippen LogP contribution >= 0.6 is 22.9 Å². The lowest BCUT2D eigenvalue weighted by Crippen LogP contribution is -2.47. The molecule has 0 aliphatic carbocycles. The average Bonchev–Trinajstić information content (AvgIpc) is 2.97. The van der Waals surface area contributed by atoms with E-state index in [0.717, 1.165) is 11.3 Å². The summed E-state index contributed by atoms with van der Waals surface area (Å²) in [6, 6.07) is 9.18. The number of rotatable bonds is 4. The van der Waals surface area contributed by atoms with Crippen LogP contribution < -0.4 is 15.6 Å². The normalized spacial score (nSPS) is 11.9. The van der Waals surface area contributed by atoms with Crippen LogP contribution in [0.15, 0.2) is 42.5 Å². The lowest BCUT2D eigenvalue weighted by molar-refractivity contribution is -0.128. The van der Waals surface area contributed by atoms with E-state index in [0.29, 0.717) is 15.8 Å². The molecule has 2 N–H and O–H groups in total. The Balaban J connectivity index is 1.62. The van der Waals surface area contributed by atoms with E-state index in [2.05, 4.69) is 10.9 Å². The van der Waals surface area contributed by atoms with Crippen molar-refractivity contribution >= 4 is 44.8 Å². The van der Waals surface area contributed by atoms with Crippen LogP contribution in [0, 0.1) is 11.6 Å². The second kappa shape index (κ2) is 7.89. The number of thiophene rings is 1. The summed E-state index contributed by atoms with van der Waals surface area (Å²) < 4.78 is 32.0. The van der Waals surface area contributed by atoms with Crippen LogP contribution in [0.2, 0.25) is 5.02 Å². The zero-order valence-electron chi connectivity index (χ0n) is 13.9. The fourth-order valence-electron chi connectivity index (χ4n) is 2.23. The molecule has 0 aliphatic rings. The van der Waals surface area contributed by atoms with Gasteiger partial charge in [-0.05, 0) is 49.4 Å².